The molecule has 0 aliphatic heterocycles. The fourth-order valence-electron chi connectivity index (χ4n) is 2.59. The second-order valence-corrected chi connectivity index (χ2v) is 5.85. The minimum Gasteiger partial charge on any atom is -0.497 e. The summed E-state index contributed by atoms with van der Waals surface area (Å²) in [4.78, 5) is 16.6. The number of carbonyl (C=O) groups excluding carboxylic acids is 1. The largest absolute Gasteiger partial charge is 0.497 e. The molecule has 0 radical (unpaired) electrons. The Morgan fingerprint density at radius 1 is 1.11 bits per heavy atom. The number of nitrogens with zero attached hydrogens (tertiary/aromatic N) is 2. The monoisotopic (exact) mass is 367 g/mol. The summed E-state index contributed by atoms with van der Waals surface area (Å²) in [5, 5.41) is 6.82. The van der Waals surface area contributed by atoms with Crippen LogP contribution < -0.4 is 14.8 Å². The quantitative estimate of drug-likeness (QED) is 0.653. The third-order valence-corrected chi connectivity index (χ3v) is 3.98. The Kier molecular flexibility index (Phi) is 6.04. The molecule has 7 heteroatoms. The van der Waals surface area contributed by atoms with Gasteiger partial charge in [-0.15, -0.1) is 0 Å². The van der Waals surface area contributed by atoms with E-state index >= 15 is 0 Å². The standard InChI is InChI=1S/C20H21N3O4/c1-25-15-11-12-17(26-2)16(13-15)21-18(24)9-6-10-19-22-20(23-27-19)14-7-4-3-5-8-14/h3-5,7-8,11-13H,6,9-10H2,1-2H3,(H,21,24). The molecule has 140 valence electrons. The first kappa shape index (κ1) is 18.4. The molecule has 2 aromatic carbocycles. The number of amides is 1. The average Bonchev–Trinajstić information content (AvgIpc) is 3.17. The van der Waals surface area contributed by atoms with E-state index in [1.165, 1.54) is 0 Å². The lowest BCUT2D eigenvalue weighted by molar-refractivity contribution is -0.116. The Hall–Kier alpha value is -3.35. The van der Waals surface area contributed by atoms with Crippen molar-refractivity contribution >= 4 is 11.6 Å². The Morgan fingerprint density at radius 3 is 2.67 bits per heavy atom. The molecule has 0 atom stereocenters. The number of hydrogen-bond donors (Lipinski definition) is 1. The van der Waals surface area contributed by atoms with E-state index < -0.39 is 0 Å². The van der Waals surface area contributed by atoms with Gasteiger partial charge in [0.15, 0.2) is 0 Å². The van der Waals surface area contributed by atoms with E-state index in [0.29, 0.717) is 48.2 Å². The lowest BCUT2D eigenvalue weighted by Crippen LogP contribution is -2.12. The van der Waals surface area contributed by atoms with Gasteiger partial charge in [-0.3, -0.25) is 4.79 Å². The number of rotatable bonds is 8. The van der Waals surface area contributed by atoms with Crippen molar-refractivity contribution in [1.29, 1.82) is 0 Å². The van der Waals surface area contributed by atoms with Crippen molar-refractivity contribution < 1.29 is 18.8 Å². The Morgan fingerprint density at radius 2 is 1.93 bits per heavy atom. The van der Waals surface area contributed by atoms with E-state index in [1.807, 2.05) is 30.3 Å². The second-order valence-electron chi connectivity index (χ2n) is 5.85. The van der Waals surface area contributed by atoms with Gasteiger partial charge in [-0.1, -0.05) is 35.5 Å². The van der Waals surface area contributed by atoms with Crippen LogP contribution in [0.15, 0.2) is 53.1 Å². The molecular weight excluding hydrogens is 346 g/mol. The number of carbonyl (C=O) groups is 1. The first-order chi connectivity index (χ1) is 13.2. The highest BCUT2D eigenvalue weighted by Gasteiger charge is 2.11. The van der Waals surface area contributed by atoms with Gasteiger partial charge >= 0.3 is 0 Å². The van der Waals surface area contributed by atoms with Crippen molar-refractivity contribution in [3.63, 3.8) is 0 Å². The molecule has 0 saturated carbocycles. The fourth-order valence-corrected chi connectivity index (χ4v) is 2.59. The zero-order valence-electron chi connectivity index (χ0n) is 15.3. The summed E-state index contributed by atoms with van der Waals surface area (Å²) in [6, 6.07) is 14.9. The third kappa shape index (κ3) is 4.84. The number of benzene rings is 2. The summed E-state index contributed by atoms with van der Waals surface area (Å²) in [6.07, 6.45) is 1.44. The van der Waals surface area contributed by atoms with Crippen LogP contribution in [0.3, 0.4) is 0 Å². The van der Waals surface area contributed by atoms with Gasteiger partial charge < -0.3 is 19.3 Å². The Balaban J connectivity index is 1.52. The normalized spacial score (nSPS) is 10.4. The zero-order chi connectivity index (χ0) is 19.1. The molecule has 1 heterocycles. The summed E-state index contributed by atoms with van der Waals surface area (Å²) < 4.78 is 15.7. The van der Waals surface area contributed by atoms with Crippen molar-refractivity contribution in [2.75, 3.05) is 19.5 Å². The van der Waals surface area contributed by atoms with E-state index in [-0.39, 0.29) is 5.91 Å². The Labute approximate surface area is 157 Å². The second kappa shape index (κ2) is 8.84. The lowest BCUT2D eigenvalue weighted by Gasteiger charge is -2.11. The molecule has 0 spiro atoms. The molecule has 0 bridgehead atoms. The molecule has 1 amide bonds. The van der Waals surface area contributed by atoms with Crippen LogP contribution in [-0.4, -0.2) is 30.3 Å². The summed E-state index contributed by atoms with van der Waals surface area (Å²) >= 11 is 0. The number of anilines is 1. The maximum atomic E-state index is 12.2. The predicted molar refractivity (Wildman–Crippen MR) is 101 cm³/mol. The SMILES string of the molecule is COc1ccc(OC)c(NC(=O)CCCc2nc(-c3ccccc3)no2)c1. The van der Waals surface area contributed by atoms with E-state index in [9.17, 15) is 4.79 Å². The van der Waals surface area contributed by atoms with Gasteiger partial charge in [0.2, 0.25) is 17.6 Å². The van der Waals surface area contributed by atoms with Crippen molar-refractivity contribution in [2.45, 2.75) is 19.3 Å². The van der Waals surface area contributed by atoms with E-state index in [4.69, 9.17) is 14.0 Å². The van der Waals surface area contributed by atoms with Crippen LogP contribution in [0.2, 0.25) is 0 Å². The highest BCUT2D eigenvalue weighted by Crippen LogP contribution is 2.29. The topological polar surface area (TPSA) is 86.5 Å². The number of ether oxygens (including phenoxy) is 2. The van der Waals surface area contributed by atoms with Gasteiger partial charge in [-0.05, 0) is 18.6 Å². The van der Waals surface area contributed by atoms with Gasteiger partial charge in [-0.25, -0.2) is 0 Å². The maximum absolute atomic E-state index is 12.2. The lowest BCUT2D eigenvalue weighted by atomic mass is 10.2. The average molecular weight is 367 g/mol. The summed E-state index contributed by atoms with van der Waals surface area (Å²) in [5.74, 6) is 2.17. The van der Waals surface area contributed by atoms with Crippen LogP contribution in [0.5, 0.6) is 11.5 Å². The number of hydrogen-bond acceptors (Lipinski definition) is 6. The first-order valence-corrected chi connectivity index (χ1v) is 8.59. The molecule has 27 heavy (non-hydrogen) atoms. The van der Waals surface area contributed by atoms with Crippen LogP contribution in [0.4, 0.5) is 5.69 Å². The molecule has 0 aliphatic carbocycles. The maximum Gasteiger partial charge on any atom is 0.226 e. The molecule has 0 unspecified atom stereocenters. The molecule has 7 nitrogen and oxygen atoms in total. The predicted octanol–water partition coefficient (Wildman–Crippen LogP) is 3.72. The molecule has 1 aromatic heterocycles. The van der Waals surface area contributed by atoms with Crippen molar-refractivity contribution in [1.82, 2.24) is 10.1 Å². The molecule has 0 saturated heterocycles. The molecular formula is C20H21N3O4. The van der Waals surface area contributed by atoms with E-state index in [1.54, 1.807) is 32.4 Å². The third-order valence-electron chi connectivity index (χ3n) is 3.98. The minimum atomic E-state index is -0.121. The summed E-state index contributed by atoms with van der Waals surface area (Å²) in [5.41, 5.74) is 1.47. The summed E-state index contributed by atoms with van der Waals surface area (Å²) in [7, 11) is 3.12. The zero-order valence-corrected chi connectivity index (χ0v) is 15.3. The van der Waals surface area contributed by atoms with Gasteiger partial charge in [-0.2, -0.15) is 4.98 Å². The number of methoxy groups -OCH3 is 2. The van der Waals surface area contributed by atoms with Gasteiger partial charge in [0.05, 0.1) is 19.9 Å². The smallest absolute Gasteiger partial charge is 0.226 e. The Bertz CT molecular complexity index is 893. The number of aryl methyl sites for hydroxylation is 1. The van der Waals surface area contributed by atoms with Crippen LogP contribution in [-0.2, 0) is 11.2 Å². The first-order valence-electron chi connectivity index (χ1n) is 8.59. The van der Waals surface area contributed by atoms with Gasteiger partial charge in [0.25, 0.3) is 0 Å². The fraction of sp³-hybridized carbons (Fsp3) is 0.250. The molecule has 3 aromatic rings. The van der Waals surface area contributed by atoms with E-state index in [2.05, 4.69) is 15.5 Å². The van der Waals surface area contributed by atoms with Crippen LogP contribution >= 0.6 is 0 Å². The van der Waals surface area contributed by atoms with Crippen molar-refractivity contribution in [3.05, 3.63) is 54.4 Å². The highest BCUT2D eigenvalue weighted by molar-refractivity contribution is 5.92. The highest BCUT2D eigenvalue weighted by atomic mass is 16.5. The van der Waals surface area contributed by atoms with Gasteiger partial charge in [0.1, 0.15) is 11.5 Å². The molecule has 1 N–H and O–H groups in total. The number of aromatic nitrogens is 2. The van der Waals surface area contributed by atoms with Crippen molar-refractivity contribution in [2.24, 2.45) is 0 Å². The molecule has 0 fully saturated rings. The van der Waals surface area contributed by atoms with E-state index in [0.717, 1.165) is 5.56 Å². The van der Waals surface area contributed by atoms with Crippen LogP contribution in [0, 0.1) is 0 Å². The summed E-state index contributed by atoms with van der Waals surface area (Å²) in [6.45, 7) is 0. The van der Waals surface area contributed by atoms with Gasteiger partial charge in [0, 0.05) is 24.5 Å². The minimum absolute atomic E-state index is 0.121. The number of nitrogens with one attached hydrogen (secondary N) is 1. The van der Waals surface area contributed by atoms with Crippen LogP contribution in [0.1, 0.15) is 18.7 Å². The van der Waals surface area contributed by atoms with Crippen LogP contribution in [0.25, 0.3) is 11.4 Å². The molecule has 3 rings (SSSR count). The van der Waals surface area contributed by atoms with Crippen molar-refractivity contribution in [3.8, 4) is 22.9 Å². The molecule has 0 aliphatic rings.